The summed E-state index contributed by atoms with van der Waals surface area (Å²) in [6.45, 7) is 4.56. The van der Waals surface area contributed by atoms with E-state index in [1.807, 2.05) is 13.8 Å². The number of rotatable bonds is 12. The van der Waals surface area contributed by atoms with Crippen LogP contribution in [0.2, 0.25) is 0 Å². The Hall–Kier alpha value is -2.16. The zero-order chi connectivity index (χ0) is 18.7. The van der Waals surface area contributed by atoms with Crippen LogP contribution in [0.1, 0.15) is 46.0 Å². The van der Waals surface area contributed by atoms with Crippen molar-refractivity contribution >= 4 is 23.8 Å². The van der Waals surface area contributed by atoms with E-state index in [4.69, 9.17) is 15.9 Å². The SMILES string of the molecule is CC(C)CCNC(=O)C(N)CCC(=O)NC(CCC(=O)O)C(=O)O. The van der Waals surface area contributed by atoms with Gasteiger partial charge in [-0.25, -0.2) is 4.79 Å². The molecule has 0 saturated heterocycles. The van der Waals surface area contributed by atoms with Gasteiger partial charge in [-0.3, -0.25) is 14.4 Å². The van der Waals surface area contributed by atoms with Gasteiger partial charge in [0.15, 0.2) is 0 Å². The van der Waals surface area contributed by atoms with Gasteiger partial charge < -0.3 is 26.6 Å². The summed E-state index contributed by atoms with van der Waals surface area (Å²) in [5.74, 6) is -2.94. The minimum Gasteiger partial charge on any atom is -0.481 e. The molecule has 138 valence electrons. The Morgan fingerprint density at radius 2 is 1.62 bits per heavy atom. The molecule has 0 bridgehead atoms. The third kappa shape index (κ3) is 10.5. The maximum absolute atomic E-state index is 11.7. The first-order valence-electron chi connectivity index (χ1n) is 7.90. The van der Waals surface area contributed by atoms with Gasteiger partial charge in [0.05, 0.1) is 6.04 Å². The third-order valence-corrected chi connectivity index (χ3v) is 3.32. The van der Waals surface area contributed by atoms with E-state index in [1.54, 1.807) is 0 Å². The number of nitrogens with one attached hydrogen (secondary N) is 2. The maximum atomic E-state index is 11.7. The van der Waals surface area contributed by atoms with Crippen molar-refractivity contribution in [3.8, 4) is 0 Å². The van der Waals surface area contributed by atoms with Crippen molar-refractivity contribution in [1.82, 2.24) is 10.6 Å². The van der Waals surface area contributed by atoms with E-state index < -0.39 is 29.9 Å². The monoisotopic (exact) mass is 345 g/mol. The van der Waals surface area contributed by atoms with Crippen LogP contribution in [0, 0.1) is 5.92 Å². The predicted octanol–water partition coefficient (Wildman–Crippen LogP) is -0.310. The summed E-state index contributed by atoms with van der Waals surface area (Å²) in [5.41, 5.74) is 5.69. The summed E-state index contributed by atoms with van der Waals surface area (Å²) in [6.07, 6.45) is 0.205. The van der Waals surface area contributed by atoms with Crippen molar-refractivity contribution in [2.75, 3.05) is 6.54 Å². The van der Waals surface area contributed by atoms with Crippen molar-refractivity contribution in [2.45, 2.75) is 58.0 Å². The van der Waals surface area contributed by atoms with Crippen LogP contribution in [-0.4, -0.2) is 52.6 Å². The molecular formula is C15H27N3O6. The average molecular weight is 345 g/mol. The van der Waals surface area contributed by atoms with Gasteiger partial charge in [0.2, 0.25) is 11.8 Å². The molecule has 0 rings (SSSR count). The van der Waals surface area contributed by atoms with Crippen molar-refractivity contribution < 1.29 is 29.4 Å². The van der Waals surface area contributed by atoms with Gasteiger partial charge in [0.1, 0.15) is 6.04 Å². The highest BCUT2D eigenvalue weighted by Gasteiger charge is 2.22. The fourth-order valence-corrected chi connectivity index (χ4v) is 1.82. The minimum absolute atomic E-state index is 0.0740. The molecule has 0 heterocycles. The fourth-order valence-electron chi connectivity index (χ4n) is 1.82. The van der Waals surface area contributed by atoms with Crippen LogP contribution < -0.4 is 16.4 Å². The van der Waals surface area contributed by atoms with Gasteiger partial charge in [0, 0.05) is 19.4 Å². The average Bonchev–Trinajstić information content (AvgIpc) is 2.47. The van der Waals surface area contributed by atoms with Crippen LogP contribution in [-0.2, 0) is 19.2 Å². The first-order valence-corrected chi connectivity index (χ1v) is 7.90. The second kappa shape index (κ2) is 11.4. The van der Waals surface area contributed by atoms with Crippen molar-refractivity contribution in [1.29, 1.82) is 0 Å². The summed E-state index contributed by atoms with van der Waals surface area (Å²) in [5, 5.41) is 22.4. The molecular weight excluding hydrogens is 318 g/mol. The first kappa shape index (κ1) is 21.8. The molecule has 0 saturated carbocycles. The summed E-state index contributed by atoms with van der Waals surface area (Å²) in [6, 6.07) is -2.13. The Kier molecular flexibility index (Phi) is 10.4. The van der Waals surface area contributed by atoms with E-state index >= 15 is 0 Å². The Labute approximate surface area is 141 Å². The molecule has 0 aliphatic heterocycles. The van der Waals surface area contributed by atoms with Crippen molar-refractivity contribution in [2.24, 2.45) is 11.7 Å². The largest absolute Gasteiger partial charge is 0.481 e. The van der Waals surface area contributed by atoms with E-state index in [-0.39, 0.29) is 31.6 Å². The molecule has 24 heavy (non-hydrogen) atoms. The molecule has 0 fully saturated rings. The van der Waals surface area contributed by atoms with Gasteiger partial charge in [-0.15, -0.1) is 0 Å². The molecule has 2 amide bonds. The van der Waals surface area contributed by atoms with E-state index in [2.05, 4.69) is 10.6 Å². The topological polar surface area (TPSA) is 159 Å². The number of nitrogens with two attached hydrogens (primary N) is 1. The molecule has 2 unspecified atom stereocenters. The highest BCUT2D eigenvalue weighted by Crippen LogP contribution is 2.02. The summed E-state index contributed by atoms with van der Waals surface area (Å²) >= 11 is 0. The second-order valence-corrected chi connectivity index (χ2v) is 6.01. The Bertz CT molecular complexity index is 452. The normalized spacial score (nSPS) is 13.2. The highest BCUT2D eigenvalue weighted by atomic mass is 16.4. The van der Waals surface area contributed by atoms with E-state index in [9.17, 15) is 19.2 Å². The number of carboxylic acids is 2. The lowest BCUT2D eigenvalue weighted by molar-refractivity contribution is -0.143. The van der Waals surface area contributed by atoms with Crippen LogP contribution in [0.4, 0.5) is 0 Å². The number of carboxylic acid groups (broad SMARTS) is 2. The Morgan fingerprint density at radius 1 is 1.00 bits per heavy atom. The van der Waals surface area contributed by atoms with Crippen LogP contribution in [0.25, 0.3) is 0 Å². The number of aliphatic carboxylic acids is 2. The number of hydrogen-bond acceptors (Lipinski definition) is 5. The molecule has 6 N–H and O–H groups in total. The summed E-state index contributed by atoms with van der Waals surface area (Å²) in [4.78, 5) is 44.9. The predicted molar refractivity (Wildman–Crippen MR) is 86.1 cm³/mol. The van der Waals surface area contributed by atoms with Crippen LogP contribution in [0.3, 0.4) is 0 Å². The Morgan fingerprint density at radius 3 is 2.12 bits per heavy atom. The van der Waals surface area contributed by atoms with Gasteiger partial charge in [0.25, 0.3) is 0 Å². The van der Waals surface area contributed by atoms with Gasteiger partial charge >= 0.3 is 11.9 Å². The molecule has 0 spiro atoms. The molecule has 0 aromatic rings. The number of carbonyl (C=O) groups is 4. The molecule has 0 aliphatic rings. The van der Waals surface area contributed by atoms with E-state index in [0.29, 0.717) is 12.5 Å². The lowest BCUT2D eigenvalue weighted by Gasteiger charge is -2.15. The van der Waals surface area contributed by atoms with Crippen LogP contribution in [0.5, 0.6) is 0 Å². The van der Waals surface area contributed by atoms with Gasteiger partial charge in [-0.2, -0.15) is 0 Å². The first-order chi connectivity index (χ1) is 11.1. The van der Waals surface area contributed by atoms with E-state index in [0.717, 1.165) is 6.42 Å². The quantitative estimate of drug-likeness (QED) is 0.324. The minimum atomic E-state index is -1.31. The fraction of sp³-hybridized carbons (Fsp3) is 0.733. The molecule has 0 aliphatic carbocycles. The zero-order valence-corrected chi connectivity index (χ0v) is 14.1. The summed E-state index contributed by atoms with van der Waals surface area (Å²) in [7, 11) is 0. The Balaban J connectivity index is 4.18. The molecule has 9 heteroatoms. The van der Waals surface area contributed by atoms with Crippen LogP contribution >= 0.6 is 0 Å². The van der Waals surface area contributed by atoms with E-state index in [1.165, 1.54) is 0 Å². The standard InChI is InChI=1S/C15H27N3O6/c1-9(2)7-8-17-14(22)10(16)3-5-12(19)18-11(15(23)24)4-6-13(20)21/h9-11H,3-8,16H2,1-2H3,(H,17,22)(H,18,19)(H,20,21)(H,23,24). The molecule has 0 aromatic carbocycles. The molecule has 2 atom stereocenters. The second-order valence-electron chi connectivity index (χ2n) is 6.01. The highest BCUT2D eigenvalue weighted by molar-refractivity contribution is 5.85. The third-order valence-electron chi connectivity index (χ3n) is 3.32. The van der Waals surface area contributed by atoms with Crippen molar-refractivity contribution in [3.63, 3.8) is 0 Å². The lowest BCUT2D eigenvalue weighted by atomic mass is 10.1. The number of amides is 2. The van der Waals surface area contributed by atoms with Crippen molar-refractivity contribution in [3.05, 3.63) is 0 Å². The molecule has 9 nitrogen and oxygen atoms in total. The molecule has 0 radical (unpaired) electrons. The summed E-state index contributed by atoms with van der Waals surface area (Å²) < 4.78 is 0. The smallest absolute Gasteiger partial charge is 0.326 e. The number of hydrogen-bond donors (Lipinski definition) is 5. The maximum Gasteiger partial charge on any atom is 0.326 e. The zero-order valence-electron chi connectivity index (χ0n) is 14.1. The lowest BCUT2D eigenvalue weighted by Crippen LogP contribution is -2.44. The number of carbonyl (C=O) groups excluding carboxylic acids is 2. The molecule has 0 aromatic heterocycles. The van der Waals surface area contributed by atoms with Gasteiger partial charge in [-0.1, -0.05) is 13.8 Å². The van der Waals surface area contributed by atoms with Gasteiger partial charge in [-0.05, 0) is 25.2 Å². The van der Waals surface area contributed by atoms with Crippen LogP contribution in [0.15, 0.2) is 0 Å².